The highest BCUT2D eigenvalue weighted by molar-refractivity contribution is 7.91. The van der Waals surface area contributed by atoms with Crippen LogP contribution >= 0.6 is 0 Å². The molecular weight excluding hydrogens is 442 g/mol. The van der Waals surface area contributed by atoms with E-state index in [1.165, 1.54) is 0 Å². The molecule has 166 valence electrons. The van der Waals surface area contributed by atoms with Crippen LogP contribution in [-0.2, 0) is 15.8 Å². The molecule has 5 rings (SSSR count). The molecule has 5 aromatic rings. The van der Waals surface area contributed by atoms with Crippen molar-refractivity contribution in [2.24, 2.45) is 0 Å². The molecule has 3 aromatic heterocycles. The van der Waals surface area contributed by atoms with Crippen LogP contribution in [-0.4, -0.2) is 28.1 Å². The lowest BCUT2D eigenvalue weighted by Gasteiger charge is -2.10. The molecule has 9 nitrogen and oxygen atoms in total. The summed E-state index contributed by atoms with van der Waals surface area (Å²) < 4.78 is 40.7. The summed E-state index contributed by atoms with van der Waals surface area (Å²) in [5.74, 6) is 1.85. The van der Waals surface area contributed by atoms with E-state index < -0.39 is 10.0 Å². The first-order valence-electron chi connectivity index (χ1n) is 10.1. The monoisotopic (exact) mass is 461 g/mol. The number of anilines is 1. The first-order valence-corrected chi connectivity index (χ1v) is 11.7. The number of rotatable bonds is 7. The van der Waals surface area contributed by atoms with E-state index in [0.29, 0.717) is 45.6 Å². The molecule has 1 N–H and O–H groups in total. The van der Waals surface area contributed by atoms with E-state index >= 15 is 0 Å². The third-order valence-corrected chi connectivity index (χ3v) is 6.00. The van der Waals surface area contributed by atoms with Crippen molar-refractivity contribution in [3.05, 3.63) is 90.6 Å². The molecule has 0 atom stereocenters. The van der Waals surface area contributed by atoms with Crippen LogP contribution in [0.3, 0.4) is 0 Å². The average Bonchev–Trinajstić information content (AvgIpc) is 3.45. The van der Waals surface area contributed by atoms with Crippen molar-refractivity contribution in [2.45, 2.75) is 12.7 Å². The van der Waals surface area contributed by atoms with Crippen LogP contribution in [0.25, 0.3) is 16.8 Å². The molecule has 3 heterocycles. The Morgan fingerprint density at radius 2 is 1.76 bits per heavy atom. The number of aromatic nitrogens is 4. The number of nitrogens with one attached hydrogen (secondary N) is 1. The summed E-state index contributed by atoms with van der Waals surface area (Å²) in [6.07, 6.45) is 3.77. The quantitative estimate of drug-likeness (QED) is 0.381. The molecule has 0 aliphatic heterocycles. The molecule has 0 saturated carbocycles. The Bertz CT molecular complexity index is 1510. The lowest BCUT2D eigenvalue weighted by Crippen LogP contribution is -2.15. The minimum absolute atomic E-state index is 0.301. The number of nitrogens with zero attached hydrogens (tertiary/aromatic N) is 4. The van der Waals surface area contributed by atoms with E-state index in [1.807, 2.05) is 35.2 Å². The van der Waals surface area contributed by atoms with Gasteiger partial charge in [0.1, 0.15) is 28.8 Å². The third-order valence-electron chi connectivity index (χ3n) is 4.80. The molecule has 0 aliphatic rings. The Morgan fingerprint density at radius 1 is 1.00 bits per heavy atom. The molecule has 0 bridgehead atoms. The summed E-state index contributed by atoms with van der Waals surface area (Å²) in [7, 11) is -3.69. The summed E-state index contributed by atoms with van der Waals surface area (Å²) in [6, 6.07) is 19.2. The smallest absolute Gasteiger partial charge is 0.238 e. The topological polar surface area (TPSA) is 112 Å². The fourth-order valence-corrected chi connectivity index (χ4v) is 4.48. The predicted octanol–water partition coefficient (Wildman–Crippen LogP) is 4.45. The minimum atomic E-state index is -3.69. The zero-order valence-electron chi connectivity index (χ0n) is 17.5. The van der Waals surface area contributed by atoms with Crippen molar-refractivity contribution in [1.82, 2.24) is 19.7 Å². The molecule has 0 fully saturated rings. The number of ether oxygens (including phenoxy) is 1. The van der Waals surface area contributed by atoms with Crippen LogP contribution in [0, 0.1) is 6.92 Å². The lowest BCUT2D eigenvalue weighted by molar-refractivity contribution is 0.448. The molecule has 0 unspecified atom stereocenters. The van der Waals surface area contributed by atoms with Gasteiger partial charge < -0.3 is 13.8 Å². The van der Waals surface area contributed by atoms with Gasteiger partial charge in [-0.25, -0.2) is 13.4 Å². The van der Waals surface area contributed by atoms with Gasteiger partial charge >= 0.3 is 0 Å². The molecule has 0 saturated heterocycles. The first kappa shape index (κ1) is 20.7. The normalized spacial score (nSPS) is 11.5. The summed E-state index contributed by atoms with van der Waals surface area (Å²) in [4.78, 5) is 8.72. The number of aryl methyl sites for hydroxylation is 1. The molecule has 0 radical (unpaired) electrons. The van der Waals surface area contributed by atoms with E-state index in [4.69, 9.17) is 9.26 Å². The average molecular weight is 462 g/mol. The number of hydrogen-bond donors (Lipinski definition) is 1. The van der Waals surface area contributed by atoms with Gasteiger partial charge in [-0.15, -0.1) is 0 Å². The zero-order chi connectivity index (χ0) is 22.8. The third kappa shape index (κ3) is 4.70. The number of sulfonamides is 1. The largest absolute Gasteiger partial charge is 0.439 e. The number of fused-ring (bicyclic) bond motifs is 1. The van der Waals surface area contributed by atoms with Gasteiger partial charge in [0, 0.05) is 29.5 Å². The van der Waals surface area contributed by atoms with Crippen LogP contribution in [0.4, 0.5) is 5.69 Å². The Morgan fingerprint density at radius 3 is 2.55 bits per heavy atom. The van der Waals surface area contributed by atoms with Crippen LogP contribution in [0.2, 0.25) is 0 Å². The molecular formula is C23H19N5O4S. The van der Waals surface area contributed by atoms with Gasteiger partial charge in [-0.05, 0) is 55.5 Å². The van der Waals surface area contributed by atoms with Crippen LogP contribution in [0.5, 0.6) is 11.6 Å². The van der Waals surface area contributed by atoms with Crippen LogP contribution < -0.4 is 9.46 Å². The van der Waals surface area contributed by atoms with E-state index in [9.17, 15) is 8.42 Å². The van der Waals surface area contributed by atoms with Gasteiger partial charge in [-0.3, -0.25) is 4.72 Å². The Labute approximate surface area is 189 Å². The second-order valence-electron chi connectivity index (χ2n) is 7.31. The van der Waals surface area contributed by atoms with E-state index in [1.54, 1.807) is 55.5 Å². The second kappa shape index (κ2) is 8.40. The fourth-order valence-electron chi connectivity index (χ4n) is 3.35. The Balaban J connectivity index is 1.29. The Kier molecular flexibility index (Phi) is 5.27. The molecule has 0 amide bonds. The summed E-state index contributed by atoms with van der Waals surface area (Å²) in [5, 5.41) is 4.56. The summed E-state index contributed by atoms with van der Waals surface area (Å²) in [6.45, 7) is 1.79. The van der Waals surface area contributed by atoms with Gasteiger partial charge in [0.25, 0.3) is 0 Å². The SMILES string of the molecule is Cc1nc(Oc2ccc(NS(=O)(=O)Cc3noc4ccccc34)cc2)cc(-n2cccc2)n1. The van der Waals surface area contributed by atoms with Crippen molar-refractivity contribution < 1.29 is 17.7 Å². The van der Waals surface area contributed by atoms with Gasteiger partial charge in [0.2, 0.25) is 15.9 Å². The highest BCUT2D eigenvalue weighted by Crippen LogP contribution is 2.25. The highest BCUT2D eigenvalue weighted by atomic mass is 32.2. The van der Waals surface area contributed by atoms with Crippen LogP contribution in [0.1, 0.15) is 11.5 Å². The van der Waals surface area contributed by atoms with Crippen molar-refractivity contribution in [2.75, 3.05) is 4.72 Å². The lowest BCUT2D eigenvalue weighted by atomic mass is 10.2. The van der Waals surface area contributed by atoms with Crippen molar-refractivity contribution in [1.29, 1.82) is 0 Å². The molecule has 0 aliphatic carbocycles. The standard InChI is InChI=1S/C23H19N5O4S/c1-16-24-22(28-12-4-5-13-28)14-23(25-16)31-18-10-8-17(9-11-18)27-33(29,30)15-20-19-6-2-3-7-21(19)32-26-20/h2-14,27H,15H2,1H3. The maximum Gasteiger partial charge on any atom is 0.238 e. The number of para-hydroxylation sites is 1. The van der Waals surface area contributed by atoms with E-state index in [0.717, 1.165) is 0 Å². The van der Waals surface area contributed by atoms with Gasteiger partial charge in [0.05, 0.1) is 0 Å². The highest BCUT2D eigenvalue weighted by Gasteiger charge is 2.17. The van der Waals surface area contributed by atoms with Crippen molar-refractivity contribution in [3.63, 3.8) is 0 Å². The Hall–Kier alpha value is -4.18. The first-order chi connectivity index (χ1) is 15.9. The molecule has 10 heteroatoms. The fraction of sp³-hybridized carbons (Fsp3) is 0.0870. The van der Waals surface area contributed by atoms with Gasteiger partial charge in [-0.1, -0.05) is 17.3 Å². The maximum atomic E-state index is 12.6. The molecule has 33 heavy (non-hydrogen) atoms. The summed E-state index contributed by atoms with van der Waals surface area (Å²) in [5.41, 5.74) is 1.31. The van der Waals surface area contributed by atoms with Crippen molar-refractivity contribution >= 4 is 26.7 Å². The molecule has 2 aromatic carbocycles. The van der Waals surface area contributed by atoms with E-state index in [2.05, 4.69) is 19.8 Å². The maximum absolute atomic E-state index is 12.6. The number of benzene rings is 2. The second-order valence-corrected chi connectivity index (χ2v) is 9.04. The van der Waals surface area contributed by atoms with Gasteiger partial charge in [0.15, 0.2) is 5.58 Å². The minimum Gasteiger partial charge on any atom is -0.439 e. The zero-order valence-corrected chi connectivity index (χ0v) is 18.4. The van der Waals surface area contributed by atoms with Crippen LogP contribution in [0.15, 0.2) is 83.6 Å². The van der Waals surface area contributed by atoms with Gasteiger partial charge in [-0.2, -0.15) is 4.98 Å². The van der Waals surface area contributed by atoms with Crippen molar-refractivity contribution in [3.8, 4) is 17.4 Å². The molecule has 0 spiro atoms. The number of hydrogen-bond acceptors (Lipinski definition) is 7. The predicted molar refractivity (Wildman–Crippen MR) is 123 cm³/mol. The summed E-state index contributed by atoms with van der Waals surface area (Å²) >= 11 is 0. The van der Waals surface area contributed by atoms with E-state index in [-0.39, 0.29) is 5.75 Å².